The van der Waals surface area contributed by atoms with E-state index in [0.717, 1.165) is 32.0 Å². The summed E-state index contributed by atoms with van der Waals surface area (Å²) in [5.74, 6) is 1.80. The molecule has 18 heavy (non-hydrogen) atoms. The zero-order valence-electron chi connectivity index (χ0n) is 11.8. The third-order valence-corrected chi connectivity index (χ3v) is 4.64. The Hall–Kier alpha value is -0.570. The van der Waals surface area contributed by atoms with E-state index in [2.05, 4.69) is 5.32 Å². The zero-order chi connectivity index (χ0) is 12.8. The minimum atomic E-state index is 0.349. The van der Waals surface area contributed by atoms with Crippen LogP contribution in [-0.2, 0) is 4.79 Å². The number of amides is 1. The molecule has 1 atom stereocenters. The summed E-state index contributed by atoms with van der Waals surface area (Å²) in [6, 6.07) is 0. The number of carbonyl (C=O) groups excluding carboxylic acids is 1. The third-order valence-electron chi connectivity index (χ3n) is 4.64. The fourth-order valence-corrected chi connectivity index (χ4v) is 3.30. The van der Waals surface area contributed by atoms with Crippen LogP contribution in [-0.4, -0.2) is 37.5 Å². The van der Waals surface area contributed by atoms with Gasteiger partial charge in [-0.1, -0.05) is 25.7 Å². The molecule has 1 heterocycles. The Morgan fingerprint density at radius 3 is 2.56 bits per heavy atom. The molecule has 0 bridgehead atoms. The van der Waals surface area contributed by atoms with Crippen molar-refractivity contribution in [2.45, 2.75) is 51.4 Å². The molecule has 1 N–H and O–H groups in total. The van der Waals surface area contributed by atoms with Crippen LogP contribution >= 0.6 is 0 Å². The highest BCUT2D eigenvalue weighted by Gasteiger charge is 2.20. The molecule has 3 heteroatoms. The average Bonchev–Trinajstić information content (AvgIpc) is 2.90. The maximum atomic E-state index is 12.1. The Kier molecular flexibility index (Phi) is 5.48. The molecule has 2 rings (SSSR count). The van der Waals surface area contributed by atoms with Crippen molar-refractivity contribution in [2.75, 3.05) is 26.7 Å². The first-order valence-corrected chi connectivity index (χ1v) is 7.70. The zero-order valence-corrected chi connectivity index (χ0v) is 11.8. The van der Waals surface area contributed by atoms with Crippen LogP contribution in [0.15, 0.2) is 0 Å². The number of rotatable bonds is 5. The van der Waals surface area contributed by atoms with E-state index in [1.165, 1.54) is 44.9 Å². The van der Waals surface area contributed by atoms with Gasteiger partial charge in [-0.15, -0.1) is 0 Å². The van der Waals surface area contributed by atoms with E-state index in [1.807, 2.05) is 11.9 Å². The summed E-state index contributed by atoms with van der Waals surface area (Å²) in [6.07, 6.45) is 9.97. The molecule has 1 amide bonds. The maximum absolute atomic E-state index is 12.1. The van der Waals surface area contributed by atoms with E-state index in [0.29, 0.717) is 11.8 Å². The van der Waals surface area contributed by atoms with Crippen molar-refractivity contribution in [3.8, 4) is 0 Å². The van der Waals surface area contributed by atoms with E-state index in [-0.39, 0.29) is 0 Å². The highest BCUT2D eigenvalue weighted by atomic mass is 16.2. The molecule has 1 aliphatic heterocycles. The van der Waals surface area contributed by atoms with Crippen LogP contribution in [0, 0.1) is 11.8 Å². The lowest BCUT2D eigenvalue weighted by molar-refractivity contribution is -0.131. The first-order chi connectivity index (χ1) is 8.75. The standard InChI is InChI=1S/C15H28N2O/c1-17(10-8-13-5-2-3-6-13)15(18)11-14-7-4-9-16-12-14/h13-14,16H,2-12H2,1H3. The van der Waals surface area contributed by atoms with Gasteiger partial charge in [0.1, 0.15) is 0 Å². The SMILES string of the molecule is CN(CCC1CCCC1)C(=O)CC1CCCNC1. The van der Waals surface area contributed by atoms with Gasteiger partial charge in [-0.3, -0.25) is 4.79 Å². The van der Waals surface area contributed by atoms with Gasteiger partial charge in [0.2, 0.25) is 5.91 Å². The van der Waals surface area contributed by atoms with Gasteiger partial charge in [-0.05, 0) is 44.2 Å². The van der Waals surface area contributed by atoms with E-state index in [9.17, 15) is 4.79 Å². The second-order valence-electron chi connectivity index (χ2n) is 6.17. The summed E-state index contributed by atoms with van der Waals surface area (Å²) in [6.45, 7) is 3.12. The fraction of sp³-hybridized carbons (Fsp3) is 0.933. The van der Waals surface area contributed by atoms with Crippen molar-refractivity contribution in [1.82, 2.24) is 10.2 Å². The highest BCUT2D eigenvalue weighted by Crippen LogP contribution is 2.27. The van der Waals surface area contributed by atoms with Gasteiger partial charge in [-0.25, -0.2) is 0 Å². The number of hydrogen-bond acceptors (Lipinski definition) is 2. The van der Waals surface area contributed by atoms with Gasteiger partial charge in [-0.2, -0.15) is 0 Å². The van der Waals surface area contributed by atoms with Gasteiger partial charge >= 0.3 is 0 Å². The van der Waals surface area contributed by atoms with Gasteiger partial charge in [0.25, 0.3) is 0 Å². The molecule has 0 aromatic carbocycles. The van der Waals surface area contributed by atoms with E-state index in [1.54, 1.807) is 0 Å². The van der Waals surface area contributed by atoms with Crippen LogP contribution in [0.5, 0.6) is 0 Å². The monoisotopic (exact) mass is 252 g/mol. The van der Waals surface area contributed by atoms with Gasteiger partial charge in [0.05, 0.1) is 0 Å². The van der Waals surface area contributed by atoms with Gasteiger partial charge in [0.15, 0.2) is 0 Å². The normalized spacial score (nSPS) is 25.3. The third kappa shape index (κ3) is 4.27. The van der Waals surface area contributed by atoms with Crippen molar-refractivity contribution >= 4 is 5.91 Å². The molecule has 0 spiro atoms. The molecule has 0 aromatic heterocycles. The molecule has 104 valence electrons. The number of piperidine rings is 1. The Bertz CT molecular complexity index is 255. The highest BCUT2D eigenvalue weighted by molar-refractivity contribution is 5.76. The van der Waals surface area contributed by atoms with Crippen LogP contribution in [0.4, 0.5) is 0 Å². The predicted octanol–water partition coefficient (Wildman–Crippen LogP) is 2.41. The summed E-state index contributed by atoms with van der Waals surface area (Å²) in [4.78, 5) is 14.1. The Morgan fingerprint density at radius 1 is 1.17 bits per heavy atom. The smallest absolute Gasteiger partial charge is 0.222 e. The van der Waals surface area contributed by atoms with Crippen molar-refractivity contribution in [2.24, 2.45) is 11.8 Å². The number of nitrogens with one attached hydrogen (secondary N) is 1. The Labute approximate surface area is 111 Å². The van der Waals surface area contributed by atoms with Crippen LogP contribution in [0.25, 0.3) is 0 Å². The fourth-order valence-electron chi connectivity index (χ4n) is 3.30. The average molecular weight is 252 g/mol. The minimum Gasteiger partial charge on any atom is -0.346 e. The molecule has 1 saturated carbocycles. The first-order valence-electron chi connectivity index (χ1n) is 7.70. The Morgan fingerprint density at radius 2 is 1.89 bits per heavy atom. The molecule has 1 aliphatic carbocycles. The summed E-state index contributed by atoms with van der Waals surface area (Å²) >= 11 is 0. The van der Waals surface area contributed by atoms with E-state index < -0.39 is 0 Å². The maximum Gasteiger partial charge on any atom is 0.222 e. The molecular formula is C15H28N2O. The van der Waals surface area contributed by atoms with Crippen molar-refractivity contribution in [3.63, 3.8) is 0 Å². The second-order valence-corrected chi connectivity index (χ2v) is 6.17. The topological polar surface area (TPSA) is 32.3 Å². The summed E-state index contributed by atoms with van der Waals surface area (Å²) in [5, 5.41) is 3.39. The first kappa shape index (κ1) is 13.9. The molecule has 1 unspecified atom stereocenters. The molecule has 0 aromatic rings. The number of hydrogen-bond donors (Lipinski definition) is 1. The molecule has 0 radical (unpaired) electrons. The second kappa shape index (κ2) is 7.13. The van der Waals surface area contributed by atoms with Crippen molar-refractivity contribution < 1.29 is 4.79 Å². The van der Waals surface area contributed by atoms with Gasteiger partial charge < -0.3 is 10.2 Å². The van der Waals surface area contributed by atoms with E-state index in [4.69, 9.17) is 0 Å². The van der Waals surface area contributed by atoms with Crippen LogP contribution in [0.1, 0.15) is 51.4 Å². The Balaban J connectivity index is 1.63. The van der Waals surface area contributed by atoms with Crippen LogP contribution in [0.3, 0.4) is 0 Å². The van der Waals surface area contributed by atoms with Gasteiger partial charge in [0, 0.05) is 20.0 Å². The van der Waals surface area contributed by atoms with Crippen LogP contribution in [0.2, 0.25) is 0 Å². The quantitative estimate of drug-likeness (QED) is 0.815. The number of nitrogens with zero attached hydrogens (tertiary/aromatic N) is 1. The summed E-state index contributed by atoms with van der Waals surface area (Å²) in [7, 11) is 1.98. The summed E-state index contributed by atoms with van der Waals surface area (Å²) < 4.78 is 0. The molecule has 3 nitrogen and oxygen atoms in total. The molecule has 1 saturated heterocycles. The minimum absolute atomic E-state index is 0.349. The molecule has 2 aliphatic rings. The predicted molar refractivity (Wildman–Crippen MR) is 74.4 cm³/mol. The largest absolute Gasteiger partial charge is 0.346 e. The number of carbonyl (C=O) groups is 1. The molecular weight excluding hydrogens is 224 g/mol. The molecule has 2 fully saturated rings. The summed E-state index contributed by atoms with van der Waals surface area (Å²) in [5.41, 5.74) is 0. The van der Waals surface area contributed by atoms with Crippen molar-refractivity contribution in [1.29, 1.82) is 0 Å². The van der Waals surface area contributed by atoms with E-state index >= 15 is 0 Å². The van der Waals surface area contributed by atoms with Crippen LogP contribution < -0.4 is 5.32 Å². The van der Waals surface area contributed by atoms with Crippen molar-refractivity contribution in [3.05, 3.63) is 0 Å². The lowest BCUT2D eigenvalue weighted by Crippen LogP contribution is -2.35. The lowest BCUT2D eigenvalue weighted by atomic mass is 9.95. The lowest BCUT2D eigenvalue weighted by Gasteiger charge is -2.25.